The van der Waals surface area contributed by atoms with Crippen molar-refractivity contribution in [3.63, 3.8) is 0 Å². The Hall–Kier alpha value is -1.09. The molecule has 0 saturated carbocycles. The molecule has 3 heteroatoms. The third kappa shape index (κ3) is 7.26. The third-order valence-corrected chi connectivity index (χ3v) is 5.39. The fourth-order valence-corrected chi connectivity index (χ4v) is 3.73. The van der Waals surface area contributed by atoms with Crippen molar-refractivity contribution in [3.8, 4) is 0 Å². The molecule has 2 rings (SSSR count). The average molecular weight is 420 g/mol. The van der Waals surface area contributed by atoms with Gasteiger partial charge in [0, 0.05) is 5.70 Å². The van der Waals surface area contributed by atoms with Gasteiger partial charge in [0.1, 0.15) is 0 Å². The van der Waals surface area contributed by atoms with Crippen LogP contribution in [0.25, 0.3) is 0 Å². The molecule has 1 aromatic rings. The summed E-state index contributed by atoms with van der Waals surface area (Å²) in [6.07, 6.45) is 14.8. The van der Waals surface area contributed by atoms with E-state index in [1.54, 1.807) is 0 Å². The highest BCUT2D eigenvalue weighted by Crippen LogP contribution is 2.27. The summed E-state index contributed by atoms with van der Waals surface area (Å²) in [5, 5.41) is 0. The standard InChI is InChI=1S/C23H34BrNO/c1-23(2,24)22(26)25(19-20-15-11-10-12-16-20)21-17-13-8-6-4-3-5-7-9-14-18-21/h10-12,15-17H,3-9,13-14,18-19H2,1-2H3/b21-17+. The minimum Gasteiger partial charge on any atom is -0.311 e. The molecule has 0 radical (unpaired) electrons. The number of carbonyl (C=O) groups excluding carboxylic acids is 1. The van der Waals surface area contributed by atoms with E-state index in [9.17, 15) is 4.79 Å². The van der Waals surface area contributed by atoms with E-state index in [2.05, 4.69) is 34.1 Å². The number of carbonyl (C=O) groups is 1. The number of amides is 1. The van der Waals surface area contributed by atoms with Crippen molar-refractivity contribution in [3.05, 3.63) is 47.7 Å². The number of halogens is 1. The van der Waals surface area contributed by atoms with Crippen LogP contribution in [0.2, 0.25) is 0 Å². The molecule has 26 heavy (non-hydrogen) atoms. The normalized spacial score (nSPS) is 19.6. The van der Waals surface area contributed by atoms with Crippen molar-refractivity contribution in [1.29, 1.82) is 0 Å². The molecule has 1 aromatic carbocycles. The van der Waals surface area contributed by atoms with Crippen LogP contribution in [-0.4, -0.2) is 15.1 Å². The fraction of sp³-hybridized carbons (Fsp3) is 0.609. The Kier molecular flexibility index (Phi) is 8.90. The van der Waals surface area contributed by atoms with Crippen LogP contribution in [0.15, 0.2) is 42.1 Å². The van der Waals surface area contributed by atoms with Crippen LogP contribution >= 0.6 is 15.9 Å². The predicted octanol–water partition coefficient (Wildman–Crippen LogP) is 6.99. The summed E-state index contributed by atoms with van der Waals surface area (Å²) in [5.41, 5.74) is 2.40. The molecule has 2 nitrogen and oxygen atoms in total. The van der Waals surface area contributed by atoms with Gasteiger partial charge in [0.25, 0.3) is 0 Å². The lowest BCUT2D eigenvalue weighted by molar-refractivity contribution is -0.131. The van der Waals surface area contributed by atoms with Gasteiger partial charge in [-0.15, -0.1) is 0 Å². The van der Waals surface area contributed by atoms with Crippen LogP contribution in [0.5, 0.6) is 0 Å². The maximum atomic E-state index is 13.2. The highest BCUT2D eigenvalue weighted by Gasteiger charge is 2.31. The maximum absolute atomic E-state index is 13.2. The van der Waals surface area contributed by atoms with Crippen LogP contribution in [0.4, 0.5) is 0 Å². The van der Waals surface area contributed by atoms with Crippen molar-refractivity contribution in [2.24, 2.45) is 0 Å². The first-order valence-corrected chi connectivity index (χ1v) is 11.0. The van der Waals surface area contributed by atoms with Crippen molar-refractivity contribution in [2.45, 2.75) is 88.9 Å². The zero-order valence-corrected chi connectivity index (χ0v) is 18.1. The molecule has 1 amide bonds. The molecule has 0 aliphatic heterocycles. The van der Waals surface area contributed by atoms with Gasteiger partial charge in [0.15, 0.2) is 0 Å². The molecule has 0 fully saturated rings. The Morgan fingerprint density at radius 2 is 1.54 bits per heavy atom. The van der Waals surface area contributed by atoms with E-state index < -0.39 is 4.32 Å². The van der Waals surface area contributed by atoms with Gasteiger partial charge in [-0.2, -0.15) is 0 Å². The summed E-state index contributed by atoms with van der Waals surface area (Å²) in [7, 11) is 0. The lowest BCUT2D eigenvalue weighted by Crippen LogP contribution is -2.40. The lowest BCUT2D eigenvalue weighted by atomic mass is 10.0. The summed E-state index contributed by atoms with van der Waals surface area (Å²) in [4.78, 5) is 15.2. The molecule has 0 atom stereocenters. The number of rotatable bonds is 4. The van der Waals surface area contributed by atoms with Gasteiger partial charge < -0.3 is 4.90 Å². The minimum absolute atomic E-state index is 0.152. The molecular formula is C23H34BrNO. The fourth-order valence-electron chi connectivity index (χ4n) is 3.52. The van der Waals surface area contributed by atoms with E-state index >= 15 is 0 Å². The smallest absolute Gasteiger partial charge is 0.243 e. The van der Waals surface area contributed by atoms with Gasteiger partial charge in [-0.3, -0.25) is 4.79 Å². The zero-order valence-electron chi connectivity index (χ0n) is 16.5. The lowest BCUT2D eigenvalue weighted by Gasteiger charge is -2.31. The molecule has 144 valence electrons. The Morgan fingerprint density at radius 1 is 0.962 bits per heavy atom. The van der Waals surface area contributed by atoms with Crippen LogP contribution in [0, 0.1) is 0 Å². The monoisotopic (exact) mass is 419 g/mol. The van der Waals surface area contributed by atoms with Gasteiger partial charge >= 0.3 is 0 Å². The van der Waals surface area contributed by atoms with Crippen molar-refractivity contribution in [1.82, 2.24) is 4.90 Å². The van der Waals surface area contributed by atoms with Crippen LogP contribution < -0.4 is 0 Å². The number of allylic oxidation sites excluding steroid dienone is 2. The molecule has 0 spiro atoms. The molecule has 0 N–H and O–H groups in total. The van der Waals surface area contributed by atoms with Gasteiger partial charge in [-0.25, -0.2) is 0 Å². The number of nitrogens with zero attached hydrogens (tertiary/aromatic N) is 1. The number of hydrogen-bond acceptors (Lipinski definition) is 1. The Bertz CT molecular complexity index is 574. The second-order valence-corrected chi connectivity index (χ2v) is 9.89. The molecular weight excluding hydrogens is 386 g/mol. The third-order valence-electron chi connectivity index (χ3n) is 5.05. The summed E-state index contributed by atoms with van der Waals surface area (Å²) in [5.74, 6) is 0.152. The number of benzene rings is 1. The van der Waals surface area contributed by atoms with Crippen molar-refractivity contribution < 1.29 is 4.79 Å². The van der Waals surface area contributed by atoms with Gasteiger partial charge in [0.2, 0.25) is 5.91 Å². The number of hydrogen-bond donors (Lipinski definition) is 0. The van der Waals surface area contributed by atoms with Crippen LogP contribution in [0.1, 0.15) is 83.6 Å². The molecule has 0 aromatic heterocycles. The molecule has 0 unspecified atom stereocenters. The molecule has 1 aliphatic carbocycles. The van der Waals surface area contributed by atoms with E-state index in [1.165, 1.54) is 62.6 Å². The van der Waals surface area contributed by atoms with Crippen molar-refractivity contribution in [2.75, 3.05) is 0 Å². The highest BCUT2D eigenvalue weighted by molar-refractivity contribution is 9.10. The number of alkyl halides is 1. The first kappa shape index (κ1) is 21.2. The topological polar surface area (TPSA) is 20.3 Å². The average Bonchev–Trinajstić information content (AvgIpc) is 2.60. The van der Waals surface area contributed by atoms with Gasteiger partial charge in [-0.05, 0) is 45.1 Å². The van der Waals surface area contributed by atoms with Gasteiger partial charge in [-0.1, -0.05) is 90.9 Å². The molecule has 0 saturated heterocycles. The first-order chi connectivity index (χ1) is 12.5. The SMILES string of the molecule is CC(C)(Br)C(=O)N(Cc1ccccc1)/C1=C/CCCCCCCCCC1. The second-order valence-electron chi connectivity index (χ2n) is 7.91. The molecule has 1 aliphatic rings. The van der Waals surface area contributed by atoms with E-state index in [0.29, 0.717) is 6.54 Å². The maximum Gasteiger partial charge on any atom is 0.243 e. The largest absolute Gasteiger partial charge is 0.311 e. The van der Waals surface area contributed by atoms with Crippen LogP contribution in [0.3, 0.4) is 0 Å². The summed E-state index contributed by atoms with van der Waals surface area (Å²) >= 11 is 3.59. The summed E-state index contributed by atoms with van der Waals surface area (Å²) < 4.78 is -0.549. The Balaban J connectivity index is 2.22. The van der Waals surface area contributed by atoms with E-state index in [1.807, 2.05) is 36.9 Å². The molecule has 0 bridgehead atoms. The summed E-state index contributed by atoms with van der Waals surface area (Å²) in [6, 6.07) is 10.3. The second kappa shape index (κ2) is 10.9. The predicted molar refractivity (Wildman–Crippen MR) is 114 cm³/mol. The van der Waals surface area contributed by atoms with Crippen molar-refractivity contribution >= 4 is 21.8 Å². The van der Waals surface area contributed by atoms with E-state index in [-0.39, 0.29) is 5.91 Å². The Labute approximate surface area is 168 Å². The minimum atomic E-state index is -0.549. The highest BCUT2D eigenvalue weighted by atomic mass is 79.9. The molecule has 0 heterocycles. The summed E-state index contributed by atoms with van der Waals surface area (Å²) in [6.45, 7) is 4.55. The van der Waals surface area contributed by atoms with Crippen LogP contribution in [-0.2, 0) is 11.3 Å². The van der Waals surface area contributed by atoms with E-state index in [0.717, 1.165) is 12.8 Å². The zero-order chi connectivity index (χ0) is 18.8. The van der Waals surface area contributed by atoms with Gasteiger partial charge in [0.05, 0.1) is 10.9 Å². The quantitative estimate of drug-likeness (QED) is 0.481. The van der Waals surface area contributed by atoms with E-state index in [4.69, 9.17) is 0 Å². The first-order valence-electron chi connectivity index (χ1n) is 10.2. The Morgan fingerprint density at radius 3 is 2.15 bits per heavy atom.